The molecule has 1 saturated heterocycles. The summed E-state index contributed by atoms with van der Waals surface area (Å²) in [6, 6.07) is 7.81. The molecule has 2 fully saturated rings. The standard InChI is InChI=1S/C24H33N3O2S/c1-16(2)12-26-21(29)18-8-6-7-9-19(18)25-22(26)30-13-20(28)27-15-24(5)11-17(27)10-23(3,4)14-24/h6-9,16-17H,10-15H2,1-5H3/t17-,24-/m1/s1. The quantitative estimate of drug-likeness (QED) is 0.518. The van der Waals surface area contributed by atoms with Crippen LogP contribution in [0.15, 0.2) is 34.2 Å². The lowest BCUT2D eigenvalue weighted by atomic mass is 9.65. The minimum absolute atomic E-state index is 0.0180. The molecule has 0 N–H and O–H groups in total. The Morgan fingerprint density at radius 2 is 1.97 bits per heavy atom. The number of nitrogens with zero attached hydrogens (tertiary/aromatic N) is 3. The van der Waals surface area contributed by atoms with Crippen molar-refractivity contribution in [3.63, 3.8) is 0 Å². The highest BCUT2D eigenvalue weighted by molar-refractivity contribution is 7.99. The highest BCUT2D eigenvalue weighted by Crippen LogP contribution is 2.52. The van der Waals surface area contributed by atoms with Gasteiger partial charge in [-0.2, -0.15) is 0 Å². The number of likely N-dealkylation sites (tertiary alicyclic amines) is 1. The molecule has 162 valence electrons. The molecule has 1 aromatic carbocycles. The van der Waals surface area contributed by atoms with Crippen molar-refractivity contribution < 1.29 is 4.79 Å². The molecular formula is C24H33N3O2S. The average Bonchev–Trinajstić information content (AvgIpc) is 2.91. The summed E-state index contributed by atoms with van der Waals surface area (Å²) in [4.78, 5) is 33.1. The number of carbonyl (C=O) groups excluding carboxylic acids is 1. The summed E-state index contributed by atoms with van der Waals surface area (Å²) >= 11 is 1.41. The van der Waals surface area contributed by atoms with Gasteiger partial charge in [0, 0.05) is 19.1 Å². The van der Waals surface area contributed by atoms with Gasteiger partial charge in [0.25, 0.3) is 5.56 Å². The Morgan fingerprint density at radius 3 is 2.70 bits per heavy atom. The van der Waals surface area contributed by atoms with Crippen LogP contribution in [0.3, 0.4) is 0 Å². The first-order valence-electron chi connectivity index (χ1n) is 11.0. The predicted octanol–water partition coefficient (Wildman–Crippen LogP) is 4.57. The van der Waals surface area contributed by atoms with E-state index in [0.717, 1.165) is 19.4 Å². The predicted molar refractivity (Wildman–Crippen MR) is 123 cm³/mol. The smallest absolute Gasteiger partial charge is 0.262 e. The van der Waals surface area contributed by atoms with Crippen molar-refractivity contribution in [1.82, 2.24) is 14.5 Å². The van der Waals surface area contributed by atoms with Crippen molar-refractivity contribution in [3.8, 4) is 0 Å². The molecule has 2 atom stereocenters. The topological polar surface area (TPSA) is 55.2 Å². The third-order valence-corrected chi connectivity index (χ3v) is 7.40. The molecule has 2 bridgehead atoms. The molecule has 2 aromatic rings. The van der Waals surface area contributed by atoms with E-state index in [-0.39, 0.29) is 22.3 Å². The lowest BCUT2D eigenvalue weighted by Gasteiger charge is -2.39. The van der Waals surface area contributed by atoms with Crippen LogP contribution in [0.2, 0.25) is 0 Å². The third kappa shape index (κ3) is 4.16. The molecule has 0 spiro atoms. The molecule has 4 rings (SSSR count). The molecule has 2 heterocycles. The Labute approximate surface area is 183 Å². The number of hydrogen-bond acceptors (Lipinski definition) is 4. The average molecular weight is 428 g/mol. The van der Waals surface area contributed by atoms with E-state index < -0.39 is 0 Å². The summed E-state index contributed by atoms with van der Waals surface area (Å²) < 4.78 is 1.75. The SMILES string of the molecule is CC(C)Cn1c(SCC(=O)N2C[C@]3(C)C[C@H]2CC(C)(C)C3)nc2ccccc2c1=O. The monoisotopic (exact) mass is 427 g/mol. The van der Waals surface area contributed by atoms with Crippen LogP contribution in [0.1, 0.15) is 53.9 Å². The van der Waals surface area contributed by atoms with Crippen molar-refractivity contribution in [2.75, 3.05) is 12.3 Å². The Bertz CT molecular complexity index is 1030. The lowest BCUT2D eigenvalue weighted by Crippen LogP contribution is -2.38. The zero-order valence-electron chi connectivity index (χ0n) is 18.8. The molecule has 2 aliphatic rings. The van der Waals surface area contributed by atoms with E-state index in [1.54, 1.807) is 4.57 Å². The first kappa shape index (κ1) is 21.4. The van der Waals surface area contributed by atoms with Gasteiger partial charge in [0.15, 0.2) is 5.16 Å². The van der Waals surface area contributed by atoms with Crippen molar-refractivity contribution in [2.45, 2.75) is 71.6 Å². The normalized spacial score (nSPS) is 25.3. The number of benzene rings is 1. The second-order valence-electron chi connectivity index (χ2n) is 10.7. The number of amides is 1. The zero-order valence-corrected chi connectivity index (χ0v) is 19.6. The lowest BCUT2D eigenvalue weighted by molar-refractivity contribution is -0.129. The summed E-state index contributed by atoms with van der Waals surface area (Å²) in [7, 11) is 0. The van der Waals surface area contributed by atoms with E-state index in [1.807, 2.05) is 24.3 Å². The van der Waals surface area contributed by atoms with Crippen molar-refractivity contribution >= 4 is 28.6 Å². The van der Waals surface area contributed by atoms with Gasteiger partial charge < -0.3 is 4.90 Å². The van der Waals surface area contributed by atoms with Gasteiger partial charge in [-0.15, -0.1) is 0 Å². The van der Waals surface area contributed by atoms with E-state index in [0.29, 0.717) is 40.3 Å². The minimum Gasteiger partial charge on any atom is -0.338 e. The van der Waals surface area contributed by atoms with Gasteiger partial charge in [0.1, 0.15) is 0 Å². The summed E-state index contributed by atoms with van der Waals surface area (Å²) in [5, 5.41) is 1.28. The number of para-hydroxylation sites is 1. The van der Waals surface area contributed by atoms with E-state index in [4.69, 9.17) is 4.98 Å². The highest BCUT2D eigenvalue weighted by atomic mass is 32.2. The highest BCUT2D eigenvalue weighted by Gasteiger charge is 2.50. The zero-order chi connectivity index (χ0) is 21.7. The maximum absolute atomic E-state index is 13.2. The summed E-state index contributed by atoms with van der Waals surface area (Å²) in [5.74, 6) is 0.821. The fourth-order valence-corrected chi connectivity index (χ4v) is 6.64. The molecule has 1 saturated carbocycles. The van der Waals surface area contributed by atoms with Crippen LogP contribution in [0.5, 0.6) is 0 Å². The van der Waals surface area contributed by atoms with E-state index in [2.05, 4.69) is 39.5 Å². The van der Waals surface area contributed by atoms with Gasteiger partial charge in [0.2, 0.25) is 5.91 Å². The molecule has 6 heteroatoms. The van der Waals surface area contributed by atoms with Gasteiger partial charge in [-0.1, -0.05) is 58.5 Å². The molecular weight excluding hydrogens is 394 g/mol. The summed E-state index contributed by atoms with van der Waals surface area (Å²) in [6.07, 6.45) is 3.36. The van der Waals surface area contributed by atoms with Crippen molar-refractivity contribution in [1.29, 1.82) is 0 Å². The second-order valence-corrected chi connectivity index (χ2v) is 11.7. The third-order valence-electron chi connectivity index (χ3n) is 6.43. The number of rotatable bonds is 5. The molecule has 5 nitrogen and oxygen atoms in total. The minimum atomic E-state index is -0.0180. The Hall–Kier alpha value is -1.82. The van der Waals surface area contributed by atoms with Crippen molar-refractivity contribution in [2.24, 2.45) is 16.7 Å². The maximum atomic E-state index is 13.2. The Kier molecular flexibility index (Phi) is 5.50. The van der Waals surface area contributed by atoms with Gasteiger partial charge in [-0.3, -0.25) is 14.2 Å². The molecule has 1 aromatic heterocycles. The molecule has 1 aliphatic carbocycles. The van der Waals surface area contributed by atoms with Crippen LogP contribution in [-0.4, -0.2) is 38.7 Å². The van der Waals surface area contributed by atoms with Crippen LogP contribution in [-0.2, 0) is 11.3 Å². The maximum Gasteiger partial charge on any atom is 0.262 e. The summed E-state index contributed by atoms with van der Waals surface area (Å²) in [5.41, 5.74) is 1.20. The number of thioether (sulfide) groups is 1. The Balaban J connectivity index is 1.56. The molecule has 30 heavy (non-hydrogen) atoms. The van der Waals surface area contributed by atoms with Crippen LogP contribution in [0.25, 0.3) is 10.9 Å². The molecule has 0 radical (unpaired) electrons. The van der Waals surface area contributed by atoms with Gasteiger partial charge in [-0.05, 0) is 48.1 Å². The Morgan fingerprint density at radius 1 is 1.23 bits per heavy atom. The fraction of sp³-hybridized carbons (Fsp3) is 0.625. The number of aromatic nitrogens is 2. The molecule has 1 amide bonds. The van der Waals surface area contributed by atoms with Crippen molar-refractivity contribution in [3.05, 3.63) is 34.6 Å². The molecule has 1 aliphatic heterocycles. The number of hydrogen-bond donors (Lipinski definition) is 0. The van der Waals surface area contributed by atoms with Crippen LogP contribution < -0.4 is 5.56 Å². The first-order valence-corrected chi connectivity index (χ1v) is 12.0. The van der Waals surface area contributed by atoms with E-state index in [9.17, 15) is 9.59 Å². The second kappa shape index (κ2) is 7.70. The van der Waals surface area contributed by atoms with Gasteiger partial charge in [-0.25, -0.2) is 4.98 Å². The van der Waals surface area contributed by atoms with E-state index >= 15 is 0 Å². The van der Waals surface area contributed by atoms with Crippen LogP contribution in [0.4, 0.5) is 0 Å². The van der Waals surface area contributed by atoms with Crippen LogP contribution >= 0.6 is 11.8 Å². The van der Waals surface area contributed by atoms with Gasteiger partial charge in [0.05, 0.1) is 16.7 Å². The largest absolute Gasteiger partial charge is 0.338 e. The first-order chi connectivity index (χ1) is 14.1. The summed E-state index contributed by atoms with van der Waals surface area (Å²) in [6.45, 7) is 12.6. The number of fused-ring (bicyclic) bond motifs is 3. The molecule has 0 unspecified atom stereocenters. The van der Waals surface area contributed by atoms with E-state index in [1.165, 1.54) is 18.2 Å². The number of carbonyl (C=O) groups is 1. The fourth-order valence-electron chi connectivity index (χ4n) is 5.74. The van der Waals surface area contributed by atoms with Crippen LogP contribution in [0, 0.1) is 16.7 Å². The van der Waals surface area contributed by atoms with Gasteiger partial charge >= 0.3 is 0 Å².